The Morgan fingerprint density at radius 1 is 1.23 bits per heavy atom. The number of aromatic nitrogens is 2. The summed E-state index contributed by atoms with van der Waals surface area (Å²) in [6.45, 7) is 0. The largest absolute Gasteiger partial charge is 0.361 e. The van der Waals surface area contributed by atoms with Crippen LogP contribution in [0.4, 0.5) is 17.5 Å². The van der Waals surface area contributed by atoms with Crippen molar-refractivity contribution in [1.29, 1.82) is 0 Å². The van der Waals surface area contributed by atoms with Gasteiger partial charge < -0.3 is 15.1 Å². The highest BCUT2D eigenvalue weighted by Gasteiger charge is 2.18. The highest BCUT2D eigenvalue weighted by Crippen LogP contribution is 2.32. The Balaban J connectivity index is 2.32. The summed E-state index contributed by atoms with van der Waals surface area (Å²) in [5.74, 6) is 0.806. The van der Waals surface area contributed by atoms with Crippen molar-refractivity contribution in [2.45, 2.75) is 0 Å². The van der Waals surface area contributed by atoms with Crippen molar-refractivity contribution in [2.24, 2.45) is 0 Å². The number of carbonyl (C=O) groups is 1. The number of rotatable bonds is 4. The Bertz CT molecular complexity index is 702. The van der Waals surface area contributed by atoms with Gasteiger partial charge in [-0.3, -0.25) is 4.79 Å². The number of hydrogen-bond donors (Lipinski definition) is 1. The summed E-state index contributed by atoms with van der Waals surface area (Å²) in [7, 11) is 7.37. The van der Waals surface area contributed by atoms with E-state index in [1.807, 2.05) is 28.2 Å². The maximum Gasteiger partial charge on any atom is 0.258 e. The summed E-state index contributed by atoms with van der Waals surface area (Å²) in [5, 5.41) is 2.77. The lowest BCUT2D eigenvalue weighted by molar-refractivity contribution is 0.102. The van der Waals surface area contributed by atoms with E-state index >= 15 is 0 Å². The van der Waals surface area contributed by atoms with Crippen molar-refractivity contribution in [3.63, 3.8) is 0 Å². The number of halogens is 2. The standard InChI is InChI=1S/C13H15Cl2N5OS/c1-19(2)11-8(6-16-13(18-11)20(3)4)17-12(21)7-5-9(14)22-10(7)15/h5-6H,1-4H3,(H,17,21). The first kappa shape index (κ1) is 16.8. The van der Waals surface area contributed by atoms with E-state index in [1.54, 1.807) is 16.0 Å². The van der Waals surface area contributed by atoms with E-state index in [9.17, 15) is 4.79 Å². The molecular formula is C13H15Cl2N5OS. The molecule has 0 aliphatic carbocycles. The van der Waals surface area contributed by atoms with Crippen molar-refractivity contribution < 1.29 is 4.79 Å². The van der Waals surface area contributed by atoms with Crippen molar-refractivity contribution in [2.75, 3.05) is 43.3 Å². The quantitative estimate of drug-likeness (QED) is 0.907. The van der Waals surface area contributed by atoms with Crippen LogP contribution in [0, 0.1) is 0 Å². The summed E-state index contributed by atoms with van der Waals surface area (Å²) >= 11 is 13.0. The zero-order chi connectivity index (χ0) is 16.4. The minimum atomic E-state index is -0.350. The fourth-order valence-corrected chi connectivity index (χ4v) is 3.15. The lowest BCUT2D eigenvalue weighted by Crippen LogP contribution is -2.20. The second-order valence-electron chi connectivity index (χ2n) is 4.89. The maximum atomic E-state index is 12.3. The predicted molar refractivity (Wildman–Crippen MR) is 93.0 cm³/mol. The molecule has 0 aliphatic rings. The number of nitrogens with zero attached hydrogens (tertiary/aromatic N) is 4. The van der Waals surface area contributed by atoms with E-state index in [-0.39, 0.29) is 5.91 Å². The molecule has 2 aromatic rings. The molecule has 0 spiro atoms. The van der Waals surface area contributed by atoms with Crippen LogP contribution in [0.1, 0.15) is 10.4 Å². The van der Waals surface area contributed by atoms with E-state index in [0.717, 1.165) is 11.3 Å². The first-order valence-corrected chi connectivity index (χ1v) is 7.84. The summed E-state index contributed by atoms with van der Waals surface area (Å²) in [6.07, 6.45) is 1.57. The van der Waals surface area contributed by atoms with Gasteiger partial charge in [-0.1, -0.05) is 23.2 Å². The molecule has 0 saturated carbocycles. The van der Waals surface area contributed by atoms with Crippen LogP contribution < -0.4 is 15.1 Å². The third-order valence-electron chi connectivity index (χ3n) is 2.73. The second kappa shape index (κ2) is 6.68. The summed E-state index contributed by atoms with van der Waals surface area (Å²) in [4.78, 5) is 24.5. The van der Waals surface area contributed by atoms with Gasteiger partial charge in [0.05, 0.1) is 16.1 Å². The fourth-order valence-electron chi connectivity index (χ4n) is 1.69. The van der Waals surface area contributed by atoms with Crippen LogP contribution >= 0.6 is 34.5 Å². The Morgan fingerprint density at radius 2 is 1.91 bits per heavy atom. The summed E-state index contributed by atoms with van der Waals surface area (Å²) in [5.41, 5.74) is 0.831. The number of hydrogen-bond acceptors (Lipinski definition) is 6. The molecule has 2 aromatic heterocycles. The average molecular weight is 360 g/mol. The molecule has 0 saturated heterocycles. The van der Waals surface area contributed by atoms with E-state index < -0.39 is 0 Å². The van der Waals surface area contributed by atoms with Crippen LogP contribution in [0.15, 0.2) is 12.3 Å². The van der Waals surface area contributed by atoms with Gasteiger partial charge in [0.15, 0.2) is 5.82 Å². The molecule has 0 aliphatic heterocycles. The molecule has 0 aromatic carbocycles. The smallest absolute Gasteiger partial charge is 0.258 e. The van der Waals surface area contributed by atoms with Gasteiger partial charge in [-0.2, -0.15) is 4.98 Å². The third kappa shape index (κ3) is 3.60. The lowest BCUT2D eigenvalue weighted by Gasteiger charge is -2.19. The van der Waals surface area contributed by atoms with Gasteiger partial charge >= 0.3 is 0 Å². The highest BCUT2D eigenvalue weighted by atomic mass is 35.5. The van der Waals surface area contributed by atoms with E-state index in [1.165, 1.54) is 6.07 Å². The van der Waals surface area contributed by atoms with Gasteiger partial charge in [0.25, 0.3) is 5.91 Å². The first-order chi connectivity index (χ1) is 10.3. The minimum absolute atomic E-state index is 0.332. The SMILES string of the molecule is CN(C)c1ncc(NC(=O)c2cc(Cl)sc2Cl)c(N(C)C)n1. The Hall–Kier alpha value is -1.57. The van der Waals surface area contributed by atoms with Gasteiger partial charge in [0.2, 0.25) is 5.95 Å². The minimum Gasteiger partial charge on any atom is -0.361 e. The molecule has 2 rings (SSSR count). The van der Waals surface area contributed by atoms with Crippen LogP contribution in [0.2, 0.25) is 8.67 Å². The van der Waals surface area contributed by atoms with Crippen LogP contribution in [-0.4, -0.2) is 44.1 Å². The molecule has 0 atom stereocenters. The van der Waals surface area contributed by atoms with Gasteiger partial charge in [-0.05, 0) is 6.07 Å². The Labute approximate surface area is 142 Å². The molecule has 6 nitrogen and oxygen atoms in total. The van der Waals surface area contributed by atoms with Crippen molar-refractivity contribution in [3.8, 4) is 0 Å². The van der Waals surface area contributed by atoms with Gasteiger partial charge in [-0.15, -0.1) is 11.3 Å². The molecule has 0 radical (unpaired) electrons. The zero-order valence-electron chi connectivity index (χ0n) is 12.5. The van der Waals surface area contributed by atoms with Crippen LogP contribution in [0.5, 0.6) is 0 Å². The molecule has 118 valence electrons. The molecule has 2 heterocycles. The third-order valence-corrected chi connectivity index (χ3v) is 4.22. The molecule has 0 unspecified atom stereocenters. The van der Waals surface area contributed by atoms with Crippen LogP contribution in [0.25, 0.3) is 0 Å². The average Bonchev–Trinajstić information content (AvgIpc) is 2.77. The lowest BCUT2D eigenvalue weighted by atomic mass is 10.3. The Morgan fingerprint density at radius 3 is 2.41 bits per heavy atom. The maximum absolute atomic E-state index is 12.3. The van der Waals surface area contributed by atoms with E-state index in [0.29, 0.717) is 31.7 Å². The molecule has 0 bridgehead atoms. The number of anilines is 3. The van der Waals surface area contributed by atoms with Gasteiger partial charge in [0, 0.05) is 28.2 Å². The van der Waals surface area contributed by atoms with Crippen molar-refractivity contribution in [3.05, 3.63) is 26.5 Å². The molecule has 0 fully saturated rings. The fraction of sp³-hybridized carbons (Fsp3) is 0.308. The summed E-state index contributed by atoms with van der Waals surface area (Å²) < 4.78 is 0.807. The van der Waals surface area contributed by atoms with Crippen LogP contribution in [0.3, 0.4) is 0 Å². The monoisotopic (exact) mass is 359 g/mol. The predicted octanol–water partition coefficient (Wildman–Crippen LogP) is 3.23. The summed E-state index contributed by atoms with van der Waals surface area (Å²) in [6, 6.07) is 1.54. The molecule has 1 N–H and O–H groups in total. The number of thiophene rings is 1. The molecule has 22 heavy (non-hydrogen) atoms. The number of carbonyl (C=O) groups excluding carboxylic acids is 1. The van der Waals surface area contributed by atoms with Gasteiger partial charge in [0.1, 0.15) is 10.0 Å². The number of amides is 1. The van der Waals surface area contributed by atoms with Gasteiger partial charge in [-0.25, -0.2) is 4.98 Å². The van der Waals surface area contributed by atoms with E-state index in [2.05, 4.69) is 15.3 Å². The zero-order valence-corrected chi connectivity index (χ0v) is 14.8. The second-order valence-corrected chi connectivity index (χ2v) is 7.17. The molecule has 1 amide bonds. The van der Waals surface area contributed by atoms with Crippen LogP contribution in [-0.2, 0) is 0 Å². The Kier molecular flexibility index (Phi) is 5.10. The van der Waals surface area contributed by atoms with E-state index in [4.69, 9.17) is 23.2 Å². The highest BCUT2D eigenvalue weighted by molar-refractivity contribution is 7.20. The topological polar surface area (TPSA) is 61.4 Å². The van der Waals surface area contributed by atoms with Crippen molar-refractivity contribution >= 4 is 57.9 Å². The molecular weight excluding hydrogens is 345 g/mol. The molecule has 9 heteroatoms. The number of nitrogens with one attached hydrogen (secondary N) is 1. The first-order valence-electron chi connectivity index (χ1n) is 6.27. The van der Waals surface area contributed by atoms with Crippen molar-refractivity contribution in [1.82, 2.24) is 9.97 Å². The normalized spacial score (nSPS) is 10.5.